The number of nitrogens with zero attached hydrogens (tertiary/aromatic N) is 2. The van der Waals surface area contributed by atoms with Crippen LogP contribution in [-0.4, -0.2) is 23.2 Å². The van der Waals surface area contributed by atoms with E-state index in [-0.39, 0.29) is 23.4 Å². The summed E-state index contributed by atoms with van der Waals surface area (Å²) < 4.78 is 14.7. The Balaban J connectivity index is 2.14. The summed E-state index contributed by atoms with van der Waals surface area (Å²) in [5, 5.41) is 0. The second kappa shape index (κ2) is 5.74. The smallest absolute Gasteiger partial charge is 0.479 e. The monoisotopic (exact) mass is 276 g/mol. The van der Waals surface area contributed by atoms with E-state index in [9.17, 15) is 4.79 Å². The summed E-state index contributed by atoms with van der Waals surface area (Å²) in [6, 6.07) is 8.40. The van der Waals surface area contributed by atoms with E-state index in [1.807, 2.05) is 0 Å². The molecule has 4 N–H and O–H groups in total. The molecule has 8 heteroatoms. The van der Waals surface area contributed by atoms with Gasteiger partial charge in [-0.25, -0.2) is 4.79 Å². The maximum atomic E-state index is 11.6. The summed E-state index contributed by atoms with van der Waals surface area (Å²) in [4.78, 5) is 19.0. The second-order valence-corrected chi connectivity index (χ2v) is 3.58. The van der Waals surface area contributed by atoms with Gasteiger partial charge in [-0.3, -0.25) is 0 Å². The van der Waals surface area contributed by atoms with Crippen molar-refractivity contribution in [2.45, 2.75) is 0 Å². The molecule has 0 aliphatic heterocycles. The maximum absolute atomic E-state index is 11.6. The van der Waals surface area contributed by atoms with Crippen LogP contribution in [0.4, 0.5) is 16.4 Å². The van der Waals surface area contributed by atoms with Gasteiger partial charge in [-0.05, 0) is 12.1 Å². The largest absolute Gasteiger partial charge is 0.520 e. The lowest BCUT2D eigenvalue weighted by Crippen LogP contribution is -2.16. The molecule has 0 bridgehead atoms. The fourth-order valence-corrected chi connectivity index (χ4v) is 1.36. The number of aromatic nitrogens is 2. The Morgan fingerprint density at radius 2 is 1.70 bits per heavy atom. The fraction of sp³-hybridized carbons (Fsp3) is 0.0833. The summed E-state index contributed by atoms with van der Waals surface area (Å²) in [5.74, 6) is -0.0288. The van der Waals surface area contributed by atoms with Crippen molar-refractivity contribution in [3.8, 4) is 17.5 Å². The summed E-state index contributed by atoms with van der Waals surface area (Å²) >= 11 is 0. The quantitative estimate of drug-likeness (QED) is 0.633. The molecule has 0 aliphatic carbocycles. The van der Waals surface area contributed by atoms with Gasteiger partial charge >= 0.3 is 6.16 Å². The van der Waals surface area contributed by atoms with Gasteiger partial charge in [0.05, 0.1) is 7.11 Å². The van der Waals surface area contributed by atoms with Crippen LogP contribution in [0.3, 0.4) is 0 Å². The molecule has 0 unspecified atom stereocenters. The highest BCUT2D eigenvalue weighted by atomic mass is 16.7. The first-order valence-corrected chi connectivity index (χ1v) is 5.52. The van der Waals surface area contributed by atoms with Crippen LogP contribution >= 0.6 is 0 Å². The van der Waals surface area contributed by atoms with Crippen LogP contribution in [-0.2, 0) is 0 Å². The molecule has 0 saturated carbocycles. The second-order valence-electron chi connectivity index (χ2n) is 3.58. The summed E-state index contributed by atoms with van der Waals surface area (Å²) in [5.41, 5.74) is 11.1. The van der Waals surface area contributed by atoms with Gasteiger partial charge in [0.2, 0.25) is 11.8 Å². The van der Waals surface area contributed by atoms with Crippen molar-refractivity contribution in [3.63, 3.8) is 0 Å². The van der Waals surface area contributed by atoms with Crippen molar-refractivity contribution >= 4 is 17.8 Å². The van der Waals surface area contributed by atoms with Crippen molar-refractivity contribution in [3.05, 3.63) is 30.3 Å². The van der Waals surface area contributed by atoms with Gasteiger partial charge in [0.25, 0.3) is 5.88 Å². The number of rotatable bonds is 3. The molecule has 1 aromatic heterocycles. The minimum Gasteiger partial charge on any atom is -0.479 e. The molecule has 0 saturated heterocycles. The standard InChI is InChI=1S/C12H12N4O4/c1-18-9-8(13)10(16-11(14)15-9)20-12(17)19-7-5-3-2-4-6-7/h2-6H,13H2,1H3,(H2,14,15,16). The van der Waals surface area contributed by atoms with Crippen LogP contribution in [0.2, 0.25) is 0 Å². The number of anilines is 2. The first-order valence-electron chi connectivity index (χ1n) is 5.52. The molecule has 2 aromatic rings. The van der Waals surface area contributed by atoms with Crippen molar-refractivity contribution < 1.29 is 19.0 Å². The molecule has 0 spiro atoms. The Labute approximate surface area is 114 Å². The molecule has 0 atom stereocenters. The van der Waals surface area contributed by atoms with E-state index in [4.69, 9.17) is 25.7 Å². The molecule has 20 heavy (non-hydrogen) atoms. The van der Waals surface area contributed by atoms with E-state index in [0.717, 1.165) is 0 Å². The molecule has 0 amide bonds. The molecule has 0 radical (unpaired) electrons. The van der Waals surface area contributed by atoms with E-state index in [1.54, 1.807) is 30.3 Å². The third-order valence-corrected chi connectivity index (χ3v) is 2.21. The molecule has 0 fully saturated rings. The van der Waals surface area contributed by atoms with Crippen LogP contribution < -0.4 is 25.7 Å². The summed E-state index contributed by atoms with van der Waals surface area (Å²) in [6.45, 7) is 0. The van der Waals surface area contributed by atoms with E-state index in [1.165, 1.54) is 7.11 Å². The predicted molar refractivity (Wildman–Crippen MR) is 70.5 cm³/mol. The lowest BCUT2D eigenvalue weighted by Gasteiger charge is -2.09. The van der Waals surface area contributed by atoms with Gasteiger partial charge in [0.15, 0.2) is 5.69 Å². The number of nitrogens with two attached hydrogens (primary N) is 2. The summed E-state index contributed by atoms with van der Waals surface area (Å²) in [6.07, 6.45) is -0.997. The Morgan fingerprint density at radius 3 is 2.35 bits per heavy atom. The van der Waals surface area contributed by atoms with Crippen molar-refractivity contribution in [2.24, 2.45) is 0 Å². The molecule has 8 nitrogen and oxygen atoms in total. The van der Waals surface area contributed by atoms with Crippen LogP contribution in [0.15, 0.2) is 30.3 Å². The SMILES string of the molecule is COc1nc(N)nc(OC(=O)Oc2ccccc2)c1N. The highest BCUT2D eigenvalue weighted by molar-refractivity contribution is 5.70. The Hall–Kier alpha value is -3.03. The fourth-order valence-electron chi connectivity index (χ4n) is 1.36. The highest BCUT2D eigenvalue weighted by Crippen LogP contribution is 2.28. The van der Waals surface area contributed by atoms with Crippen LogP contribution in [0, 0.1) is 0 Å². The van der Waals surface area contributed by atoms with Gasteiger partial charge in [-0.1, -0.05) is 18.2 Å². The van der Waals surface area contributed by atoms with E-state index >= 15 is 0 Å². The minimum atomic E-state index is -0.997. The normalized spacial score (nSPS) is 9.85. The number of para-hydroxylation sites is 1. The van der Waals surface area contributed by atoms with E-state index in [2.05, 4.69) is 9.97 Å². The number of ether oxygens (including phenoxy) is 3. The van der Waals surface area contributed by atoms with Crippen LogP contribution in [0.5, 0.6) is 17.5 Å². The third-order valence-electron chi connectivity index (χ3n) is 2.21. The van der Waals surface area contributed by atoms with Crippen molar-refractivity contribution in [1.82, 2.24) is 9.97 Å². The minimum absolute atomic E-state index is 0.0139. The van der Waals surface area contributed by atoms with E-state index in [0.29, 0.717) is 5.75 Å². The number of carbonyl (C=O) groups is 1. The highest BCUT2D eigenvalue weighted by Gasteiger charge is 2.17. The number of carbonyl (C=O) groups excluding carboxylic acids is 1. The lowest BCUT2D eigenvalue weighted by molar-refractivity contribution is 0.150. The first-order chi connectivity index (χ1) is 9.60. The molecule has 0 aliphatic rings. The van der Waals surface area contributed by atoms with Gasteiger partial charge in [-0.15, -0.1) is 0 Å². The number of hydrogen-bond acceptors (Lipinski definition) is 8. The predicted octanol–water partition coefficient (Wildman–Crippen LogP) is 1.23. The molecule has 1 aromatic carbocycles. The Bertz CT molecular complexity index is 618. The van der Waals surface area contributed by atoms with Gasteiger partial charge in [0, 0.05) is 0 Å². The number of nitrogen functional groups attached to an aromatic ring is 2. The zero-order valence-corrected chi connectivity index (χ0v) is 10.6. The number of hydrogen-bond donors (Lipinski definition) is 2. The Kier molecular flexibility index (Phi) is 3.85. The van der Waals surface area contributed by atoms with Crippen LogP contribution in [0.1, 0.15) is 0 Å². The van der Waals surface area contributed by atoms with Crippen molar-refractivity contribution in [1.29, 1.82) is 0 Å². The van der Waals surface area contributed by atoms with Gasteiger partial charge in [0.1, 0.15) is 5.75 Å². The van der Waals surface area contributed by atoms with E-state index < -0.39 is 6.16 Å². The average Bonchev–Trinajstić information content (AvgIpc) is 2.43. The molecular weight excluding hydrogens is 264 g/mol. The third kappa shape index (κ3) is 3.05. The topological polar surface area (TPSA) is 123 Å². The number of benzene rings is 1. The zero-order valence-electron chi connectivity index (χ0n) is 10.6. The molecule has 2 rings (SSSR count). The maximum Gasteiger partial charge on any atom is 0.520 e. The molecular formula is C12H12N4O4. The van der Waals surface area contributed by atoms with Gasteiger partial charge in [-0.2, -0.15) is 9.97 Å². The van der Waals surface area contributed by atoms with Gasteiger partial charge < -0.3 is 25.7 Å². The lowest BCUT2D eigenvalue weighted by atomic mass is 10.3. The Morgan fingerprint density at radius 1 is 1.05 bits per heavy atom. The molecule has 104 valence electrons. The zero-order chi connectivity index (χ0) is 14.5. The van der Waals surface area contributed by atoms with Crippen molar-refractivity contribution in [2.75, 3.05) is 18.6 Å². The van der Waals surface area contributed by atoms with Crippen LogP contribution in [0.25, 0.3) is 0 Å². The summed E-state index contributed by atoms with van der Waals surface area (Å²) in [7, 11) is 1.35. The average molecular weight is 276 g/mol. The molecule has 1 heterocycles. The number of methoxy groups -OCH3 is 1. The first kappa shape index (κ1) is 13.4.